The average molecular weight is 324 g/mol. The predicted molar refractivity (Wildman–Crippen MR) is 91.2 cm³/mol. The van der Waals surface area contributed by atoms with Crippen molar-refractivity contribution in [2.24, 2.45) is 0 Å². The first kappa shape index (κ1) is 16.0. The van der Waals surface area contributed by atoms with Crippen LogP contribution in [0, 0.1) is 13.8 Å². The van der Waals surface area contributed by atoms with Crippen molar-refractivity contribution in [3.8, 4) is 0 Å². The molecule has 0 spiro atoms. The van der Waals surface area contributed by atoms with Crippen LogP contribution in [0.15, 0.2) is 0 Å². The van der Waals surface area contributed by atoms with Gasteiger partial charge in [0.05, 0.1) is 11.4 Å². The molecule has 0 aliphatic carbocycles. The second-order valence-electron chi connectivity index (χ2n) is 4.97. The van der Waals surface area contributed by atoms with Gasteiger partial charge in [-0.05, 0) is 32.1 Å². The quantitative estimate of drug-likeness (QED) is 0.884. The Hall–Kier alpha value is -1.34. The topological polar surface area (TPSA) is 80.9 Å². The molecular formula is C14H20N4OS2. The number of carbonyl (C=O) groups is 1. The number of anilines is 1. The maximum atomic E-state index is 12.4. The van der Waals surface area contributed by atoms with Gasteiger partial charge in [-0.25, -0.2) is 0 Å². The molecule has 1 amide bonds. The van der Waals surface area contributed by atoms with Gasteiger partial charge in [0, 0.05) is 17.2 Å². The number of amides is 1. The fraction of sp³-hybridized carbons (Fsp3) is 0.500. The average Bonchev–Trinajstić information content (AvgIpc) is 2.78. The van der Waals surface area contributed by atoms with Gasteiger partial charge in [-0.1, -0.05) is 6.92 Å². The Kier molecular flexibility index (Phi) is 5.05. The molecule has 1 unspecified atom stereocenters. The number of aryl methyl sites for hydroxylation is 2. The molecule has 0 radical (unpaired) electrons. The first-order valence-corrected chi connectivity index (χ1v) is 8.83. The Morgan fingerprint density at radius 3 is 2.81 bits per heavy atom. The van der Waals surface area contributed by atoms with E-state index < -0.39 is 0 Å². The van der Waals surface area contributed by atoms with Crippen molar-refractivity contribution in [1.82, 2.24) is 15.5 Å². The first-order chi connectivity index (χ1) is 9.95. The molecule has 2 heterocycles. The molecule has 2 aromatic heterocycles. The number of fused-ring (bicyclic) bond motifs is 1. The van der Waals surface area contributed by atoms with Crippen LogP contribution >= 0.6 is 23.1 Å². The standard InChI is InChI=1S/C14H20N4OS2/c1-5-20-6-7(2)16-13(19)12-11(15)10-8(3)9(4)17-18-14(10)21-12/h7H,5-6,15H2,1-4H3,(H,16,19). The third-order valence-corrected chi connectivity index (χ3v) is 5.52. The fourth-order valence-electron chi connectivity index (χ4n) is 2.03. The number of nitrogens with two attached hydrogens (primary N) is 1. The van der Waals surface area contributed by atoms with E-state index in [0.717, 1.165) is 33.0 Å². The highest BCUT2D eigenvalue weighted by Crippen LogP contribution is 2.34. The molecule has 5 nitrogen and oxygen atoms in total. The summed E-state index contributed by atoms with van der Waals surface area (Å²) in [6.45, 7) is 7.95. The van der Waals surface area contributed by atoms with Gasteiger partial charge in [0.15, 0.2) is 0 Å². The van der Waals surface area contributed by atoms with Crippen molar-refractivity contribution >= 4 is 44.9 Å². The summed E-state index contributed by atoms with van der Waals surface area (Å²) >= 11 is 3.11. The minimum Gasteiger partial charge on any atom is -0.397 e. The lowest BCUT2D eigenvalue weighted by Crippen LogP contribution is -2.34. The maximum Gasteiger partial charge on any atom is 0.263 e. The summed E-state index contributed by atoms with van der Waals surface area (Å²) in [6, 6.07) is 0.112. The lowest BCUT2D eigenvalue weighted by atomic mass is 10.1. The number of nitrogens with zero attached hydrogens (tertiary/aromatic N) is 2. The Labute approximate surface area is 132 Å². The Balaban J connectivity index is 2.28. The van der Waals surface area contributed by atoms with Crippen LogP contribution in [0.4, 0.5) is 5.69 Å². The normalized spacial score (nSPS) is 12.6. The minimum atomic E-state index is -0.128. The third kappa shape index (κ3) is 3.29. The molecule has 1 atom stereocenters. The fourth-order valence-corrected chi connectivity index (χ4v) is 3.71. The van der Waals surface area contributed by atoms with Crippen LogP contribution in [-0.4, -0.2) is 33.7 Å². The number of carbonyl (C=O) groups excluding carboxylic acids is 1. The molecule has 21 heavy (non-hydrogen) atoms. The molecule has 2 aromatic rings. The zero-order chi connectivity index (χ0) is 15.6. The number of nitrogens with one attached hydrogen (secondary N) is 1. The van der Waals surface area contributed by atoms with Crippen LogP contribution < -0.4 is 11.1 Å². The maximum absolute atomic E-state index is 12.4. The van der Waals surface area contributed by atoms with Crippen molar-refractivity contribution in [3.63, 3.8) is 0 Å². The van der Waals surface area contributed by atoms with E-state index in [1.54, 1.807) is 11.8 Å². The molecule has 114 valence electrons. The minimum absolute atomic E-state index is 0.112. The van der Waals surface area contributed by atoms with Gasteiger partial charge in [-0.15, -0.1) is 16.4 Å². The van der Waals surface area contributed by atoms with Gasteiger partial charge >= 0.3 is 0 Å². The van der Waals surface area contributed by atoms with E-state index >= 15 is 0 Å². The summed E-state index contributed by atoms with van der Waals surface area (Å²) in [6.07, 6.45) is 0. The van der Waals surface area contributed by atoms with Gasteiger partial charge in [0.1, 0.15) is 9.71 Å². The monoisotopic (exact) mass is 324 g/mol. The zero-order valence-electron chi connectivity index (χ0n) is 12.7. The van der Waals surface area contributed by atoms with Crippen LogP contribution in [0.2, 0.25) is 0 Å². The molecule has 0 aromatic carbocycles. The van der Waals surface area contributed by atoms with Crippen LogP contribution in [0.3, 0.4) is 0 Å². The van der Waals surface area contributed by atoms with Gasteiger partial charge in [0.2, 0.25) is 0 Å². The van der Waals surface area contributed by atoms with E-state index in [4.69, 9.17) is 5.73 Å². The highest BCUT2D eigenvalue weighted by Gasteiger charge is 2.20. The van der Waals surface area contributed by atoms with Crippen LogP contribution in [-0.2, 0) is 0 Å². The summed E-state index contributed by atoms with van der Waals surface area (Å²) in [7, 11) is 0. The molecular weight excluding hydrogens is 304 g/mol. The summed E-state index contributed by atoms with van der Waals surface area (Å²) in [4.78, 5) is 13.6. The molecule has 2 rings (SSSR count). The molecule has 0 bridgehead atoms. The molecule has 7 heteroatoms. The highest BCUT2D eigenvalue weighted by atomic mass is 32.2. The third-order valence-electron chi connectivity index (χ3n) is 3.29. The number of hydrogen-bond donors (Lipinski definition) is 2. The van der Waals surface area contributed by atoms with Gasteiger partial charge in [0.25, 0.3) is 5.91 Å². The van der Waals surface area contributed by atoms with Crippen molar-refractivity contribution in [1.29, 1.82) is 0 Å². The summed E-state index contributed by atoms with van der Waals surface area (Å²) in [5, 5.41) is 12.1. The predicted octanol–water partition coefficient (Wildman–Crippen LogP) is 2.76. The number of thiophene rings is 1. The Morgan fingerprint density at radius 2 is 2.14 bits per heavy atom. The Bertz CT molecular complexity index is 669. The van der Waals surface area contributed by atoms with Crippen LogP contribution in [0.1, 0.15) is 34.8 Å². The van der Waals surface area contributed by atoms with E-state index in [1.807, 2.05) is 20.8 Å². The van der Waals surface area contributed by atoms with Gasteiger partial charge < -0.3 is 11.1 Å². The van der Waals surface area contributed by atoms with Crippen LogP contribution in [0.25, 0.3) is 10.2 Å². The SMILES string of the molecule is CCSCC(C)NC(=O)c1sc2nnc(C)c(C)c2c1N. The number of nitrogen functional groups attached to an aromatic ring is 1. The summed E-state index contributed by atoms with van der Waals surface area (Å²) in [5.74, 6) is 1.81. The highest BCUT2D eigenvalue weighted by molar-refractivity contribution is 7.99. The molecule has 0 saturated heterocycles. The van der Waals surface area contributed by atoms with E-state index in [-0.39, 0.29) is 11.9 Å². The second-order valence-corrected chi connectivity index (χ2v) is 7.29. The lowest BCUT2D eigenvalue weighted by Gasteiger charge is -2.12. The summed E-state index contributed by atoms with van der Waals surface area (Å²) in [5.41, 5.74) is 8.50. The number of hydrogen-bond acceptors (Lipinski definition) is 6. The molecule has 0 aliphatic rings. The van der Waals surface area contributed by atoms with Gasteiger partial charge in [-0.3, -0.25) is 4.79 Å². The Morgan fingerprint density at radius 1 is 1.43 bits per heavy atom. The number of aromatic nitrogens is 2. The largest absolute Gasteiger partial charge is 0.397 e. The smallest absolute Gasteiger partial charge is 0.263 e. The van der Waals surface area contributed by atoms with Crippen LogP contribution in [0.5, 0.6) is 0 Å². The van der Waals surface area contributed by atoms with Crippen molar-refractivity contribution in [2.75, 3.05) is 17.2 Å². The van der Waals surface area contributed by atoms with Gasteiger partial charge in [-0.2, -0.15) is 16.9 Å². The molecule has 0 aliphatic heterocycles. The van der Waals surface area contributed by atoms with E-state index in [1.165, 1.54) is 11.3 Å². The zero-order valence-corrected chi connectivity index (χ0v) is 14.3. The van der Waals surface area contributed by atoms with E-state index in [2.05, 4.69) is 22.4 Å². The lowest BCUT2D eigenvalue weighted by molar-refractivity contribution is 0.0948. The molecule has 0 saturated carbocycles. The van der Waals surface area contributed by atoms with E-state index in [0.29, 0.717) is 10.6 Å². The van der Waals surface area contributed by atoms with Crippen molar-refractivity contribution < 1.29 is 4.79 Å². The number of rotatable bonds is 5. The van der Waals surface area contributed by atoms with E-state index in [9.17, 15) is 4.79 Å². The summed E-state index contributed by atoms with van der Waals surface area (Å²) < 4.78 is 0. The number of thioether (sulfide) groups is 1. The van der Waals surface area contributed by atoms with Crippen molar-refractivity contribution in [2.45, 2.75) is 33.7 Å². The van der Waals surface area contributed by atoms with Crippen molar-refractivity contribution in [3.05, 3.63) is 16.1 Å². The second kappa shape index (κ2) is 6.62. The molecule has 3 N–H and O–H groups in total. The first-order valence-electron chi connectivity index (χ1n) is 6.86. The molecule has 0 fully saturated rings.